The number of hydrogen-bond donors (Lipinski definition) is 4. The molecule has 0 aliphatic carbocycles. The Labute approximate surface area is 288 Å². The van der Waals surface area contributed by atoms with Crippen molar-refractivity contribution in [1.29, 1.82) is 0 Å². The molecule has 0 saturated carbocycles. The van der Waals surface area contributed by atoms with E-state index in [2.05, 4.69) is 15.6 Å². The average Bonchev–Trinajstić information content (AvgIpc) is 3.81. The summed E-state index contributed by atoms with van der Waals surface area (Å²) in [6, 6.07) is 15.3. The van der Waals surface area contributed by atoms with Gasteiger partial charge in [0.25, 0.3) is 5.96 Å². The molecule has 2 aliphatic heterocycles. The Hall–Kier alpha value is -5.74. The molecule has 0 aromatic heterocycles. The molecule has 5 N–H and O–H groups in total. The second kappa shape index (κ2) is 18.7. The summed E-state index contributed by atoms with van der Waals surface area (Å²) in [4.78, 5) is 83.1. The van der Waals surface area contributed by atoms with Gasteiger partial charge in [-0.1, -0.05) is 66.1 Å². The molecule has 0 unspecified atom stereocenters. The number of carbonyl (C=O) groups is 5. The molecular weight excluding hydrogens is 652 g/mol. The van der Waals surface area contributed by atoms with E-state index in [4.69, 9.17) is 15.2 Å². The van der Waals surface area contributed by atoms with Gasteiger partial charge in [0, 0.05) is 19.6 Å². The standard InChI is InChI=1S/C33H42N8O9/c34-32(38-41(47)48)35-17-7-14-25(30(44)40-19-9-16-27(40)31(45)49-21-23-10-3-1-4-11-23)37-29(43)26-15-8-18-39(26)28(42)20-36-33(46)50-22-24-12-5-2-6-13-24/h1-6,10-13,25-27H,7-9,14-22H2,(H,36,46)(H,37,43)(H3,34,35,38)/t25-,26-,27-/m0/s1. The lowest BCUT2D eigenvalue weighted by atomic mass is 10.1. The fourth-order valence-corrected chi connectivity index (χ4v) is 5.81. The van der Waals surface area contributed by atoms with E-state index in [9.17, 15) is 34.1 Å². The van der Waals surface area contributed by atoms with E-state index in [-0.39, 0.29) is 45.7 Å². The van der Waals surface area contributed by atoms with Crippen LogP contribution in [0.1, 0.15) is 49.7 Å². The van der Waals surface area contributed by atoms with Crippen LogP contribution >= 0.6 is 0 Å². The molecule has 17 heteroatoms. The molecule has 0 bridgehead atoms. The second-order valence-electron chi connectivity index (χ2n) is 11.8. The summed E-state index contributed by atoms with van der Waals surface area (Å²) < 4.78 is 10.7. The number of rotatable bonds is 15. The van der Waals surface area contributed by atoms with Crippen LogP contribution in [0, 0.1) is 10.1 Å². The van der Waals surface area contributed by atoms with Crippen molar-refractivity contribution >= 4 is 35.7 Å². The molecule has 4 rings (SSSR count). The van der Waals surface area contributed by atoms with E-state index in [0.29, 0.717) is 25.7 Å². The summed E-state index contributed by atoms with van der Waals surface area (Å²) in [5.41, 5.74) is 8.81. The number of aliphatic imine (C=N–C) groups is 1. The number of hydrogen-bond acceptors (Lipinski definition) is 10. The number of nitrogens with one attached hydrogen (secondary N) is 3. The summed E-state index contributed by atoms with van der Waals surface area (Å²) >= 11 is 0. The third-order valence-corrected chi connectivity index (χ3v) is 8.26. The van der Waals surface area contributed by atoms with Crippen LogP contribution in [0.25, 0.3) is 0 Å². The highest BCUT2D eigenvalue weighted by atomic mass is 16.7. The zero-order valence-electron chi connectivity index (χ0n) is 27.5. The van der Waals surface area contributed by atoms with Crippen LogP contribution in [-0.2, 0) is 41.9 Å². The molecule has 2 aliphatic rings. The maximum atomic E-state index is 13.9. The molecule has 50 heavy (non-hydrogen) atoms. The van der Waals surface area contributed by atoms with Crippen molar-refractivity contribution < 1.29 is 38.5 Å². The first-order valence-corrected chi connectivity index (χ1v) is 16.4. The number of guanidine groups is 1. The van der Waals surface area contributed by atoms with Gasteiger partial charge in [-0.3, -0.25) is 14.4 Å². The lowest BCUT2D eigenvalue weighted by molar-refractivity contribution is -0.525. The van der Waals surface area contributed by atoms with Gasteiger partial charge in [0.1, 0.15) is 37.9 Å². The van der Waals surface area contributed by atoms with Crippen molar-refractivity contribution in [2.75, 3.05) is 26.2 Å². The maximum Gasteiger partial charge on any atom is 0.407 e. The molecular formula is C33H42N8O9. The molecule has 17 nitrogen and oxygen atoms in total. The van der Waals surface area contributed by atoms with Crippen LogP contribution in [0.3, 0.4) is 0 Å². The van der Waals surface area contributed by atoms with E-state index >= 15 is 0 Å². The number of esters is 1. The Balaban J connectivity index is 1.37. The number of hydrazine groups is 1. The lowest BCUT2D eigenvalue weighted by Gasteiger charge is -2.30. The Morgan fingerprint density at radius 1 is 0.900 bits per heavy atom. The van der Waals surface area contributed by atoms with Crippen LogP contribution in [0.5, 0.6) is 0 Å². The van der Waals surface area contributed by atoms with Gasteiger partial charge in [0.2, 0.25) is 17.7 Å². The SMILES string of the molecule is NC(=NCCC[C@H](NC(=O)[C@@H]1CCCN1C(=O)CNC(=O)OCc1ccccc1)C(=O)N1CCC[C@H]1C(=O)OCc1ccccc1)N[N+](=O)[O-]. The normalized spacial score (nSPS) is 17.8. The quantitative estimate of drug-likeness (QED) is 0.0513. The van der Waals surface area contributed by atoms with E-state index in [1.165, 1.54) is 9.80 Å². The number of alkyl carbamates (subject to hydrolysis) is 1. The first-order valence-electron chi connectivity index (χ1n) is 16.4. The predicted molar refractivity (Wildman–Crippen MR) is 178 cm³/mol. The molecule has 0 radical (unpaired) electrons. The molecule has 0 spiro atoms. The highest BCUT2D eigenvalue weighted by Gasteiger charge is 2.40. The summed E-state index contributed by atoms with van der Waals surface area (Å²) in [7, 11) is 0. The number of carbonyl (C=O) groups excluding carboxylic acids is 5. The average molecular weight is 695 g/mol. The summed E-state index contributed by atoms with van der Waals surface area (Å²) in [6.07, 6.45) is 1.29. The Bertz CT molecular complexity index is 1530. The predicted octanol–water partition coefficient (Wildman–Crippen LogP) is 0.999. The number of nitrogens with zero attached hydrogens (tertiary/aromatic N) is 4. The van der Waals surface area contributed by atoms with Crippen molar-refractivity contribution in [2.24, 2.45) is 10.7 Å². The number of nitro groups is 1. The molecule has 2 fully saturated rings. The lowest BCUT2D eigenvalue weighted by Crippen LogP contribution is -2.56. The maximum absolute atomic E-state index is 13.9. The topological polar surface area (TPSA) is 228 Å². The smallest absolute Gasteiger partial charge is 0.407 e. The number of likely N-dealkylation sites (tertiary alicyclic amines) is 2. The van der Waals surface area contributed by atoms with Crippen molar-refractivity contribution in [2.45, 2.75) is 69.9 Å². The minimum atomic E-state index is -1.10. The Kier molecular flexibility index (Phi) is 13.9. The molecule has 268 valence electrons. The van der Waals surface area contributed by atoms with Gasteiger partial charge in [-0.25, -0.2) is 24.7 Å². The van der Waals surface area contributed by atoms with Crippen molar-refractivity contribution in [3.05, 3.63) is 81.9 Å². The number of amides is 4. The summed E-state index contributed by atoms with van der Waals surface area (Å²) in [5.74, 6) is -2.54. The molecule has 4 amide bonds. The first-order chi connectivity index (χ1) is 24.1. The van der Waals surface area contributed by atoms with E-state index in [1.807, 2.05) is 48.5 Å². The highest BCUT2D eigenvalue weighted by molar-refractivity contribution is 5.94. The van der Waals surface area contributed by atoms with Gasteiger partial charge in [-0.05, 0) is 49.7 Å². The molecule has 2 aromatic carbocycles. The minimum absolute atomic E-state index is 0.00888. The zero-order valence-corrected chi connectivity index (χ0v) is 27.5. The van der Waals surface area contributed by atoms with Gasteiger partial charge >= 0.3 is 12.1 Å². The molecule has 2 heterocycles. The Morgan fingerprint density at radius 2 is 1.50 bits per heavy atom. The molecule has 3 atom stereocenters. The van der Waals surface area contributed by atoms with Crippen LogP contribution in [-0.4, -0.2) is 94.9 Å². The van der Waals surface area contributed by atoms with E-state index in [1.54, 1.807) is 17.6 Å². The van der Waals surface area contributed by atoms with E-state index < -0.39 is 65.4 Å². The highest BCUT2D eigenvalue weighted by Crippen LogP contribution is 2.23. The summed E-state index contributed by atoms with van der Waals surface area (Å²) in [6.45, 7) is 0.231. The third-order valence-electron chi connectivity index (χ3n) is 8.26. The summed E-state index contributed by atoms with van der Waals surface area (Å²) in [5, 5.41) is 15.0. The zero-order chi connectivity index (χ0) is 35.9. The number of benzene rings is 2. The van der Waals surface area contributed by atoms with Crippen LogP contribution < -0.4 is 21.8 Å². The fourth-order valence-electron chi connectivity index (χ4n) is 5.81. The molecule has 2 aromatic rings. The van der Waals surface area contributed by atoms with Crippen molar-refractivity contribution in [1.82, 2.24) is 25.9 Å². The van der Waals surface area contributed by atoms with Gasteiger partial charge in [0.15, 0.2) is 5.03 Å². The fraction of sp³-hybridized carbons (Fsp3) is 0.455. The van der Waals surface area contributed by atoms with Gasteiger partial charge in [-0.15, -0.1) is 0 Å². The Morgan fingerprint density at radius 3 is 2.14 bits per heavy atom. The third kappa shape index (κ3) is 11.2. The first kappa shape index (κ1) is 37.1. The van der Waals surface area contributed by atoms with Crippen LogP contribution in [0.2, 0.25) is 0 Å². The number of ether oxygens (including phenoxy) is 2. The van der Waals surface area contributed by atoms with Crippen LogP contribution in [0.4, 0.5) is 4.79 Å². The van der Waals surface area contributed by atoms with E-state index in [0.717, 1.165) is 11.1 Å². The monoisotopic (exact) mass is 694 g/mol. The van der Waals surface area contributed by atoms with Crippen molar-refractivity contribution in [3.8, 4) is 0 Å². The second-order valence-corrected chi connectivity index (χ2v) is 11.8. The minimum Gasteiger partial charge on any atom is -0.459 e. The van der Waals surface area contributed by atoms with Crippen LogP contribution in [0.15, 0.2) is 65.7 Å². The van der Waals surface area contributed by atoms with Crippen molar-refractivity contribution in [3.63, 3.8) is 0 Å². The van der Waals surface area contributed by atoms with Gasteiger partial charge in [0.05, 0.1) is 0 Å². The number of nitrogens with two attached hydrogens (primary N) is 1. The van der Waals surface area contributed by atoms with Gasteiger partial charge in [-0.2, -0.15) is 0 Å². The van der Waals surface area contributed by atoms with Gasteiger partial charge < -0.3 is 35.6 Å². The molecule has 2 saturated heterocycles. The largest absolute Gasteiger partial charge is 0.459 e.